The smallest absolute Gasteiger partial charge is 0.308 e. The van der Waals surface area contributed by atoms with Gasteiger partial charge in [-0.25, -0.2) is 0 Å². The largest absolute Gasteiger partial charge is 0.465 e. The van der Waals surface area contributed by atoms with E-state index in [-0.39, 0.29) is 17.3 Å². The van der Waals surface area contributed by atoms with Crippen LogP contribution in [-0.2, 0) is 9.53 Å². The molecular weight excluding hydrogens is 320 g/mol. The van der Waals surface area contributed by atoms with Gasteiger partial charge in [-0.15, -0.1) is 0 Å². The molecular formula is C24H46O2. The van der Waals surface area contributed by atoms with E-state index in [4.69, 9.17) is 4.74 Å². The molecule has 26 heavy (non-hydrogen) atoms. The molecule has 0 amide bonds. The quantitative estimate of drug-likeness (QED) is 0.279. The van der Waals surface area contributed by atoms with Crippen molar-refractivity contribution in [3.8, 4) is 0 Å². The van der Waals surface area contributed by atoms with Crippen LogP contribution in [0.1, 0.15) is 119 Å². The Bertz CT molecular complexity index is 388. The lowest BCUT2D eigenvalue weighted by Crippen LogP contribution is -2.32. The molecule has 0 heterocycles. The van der Waals surface area contributed by atoms with Crippen LogP contribution in [0.2, 0.25) is 0 Å². The summed E-state index contributed by atoms with van der Waals surface area (Å²) in [5.41, 5.74) is 0.536. The van der Waals surface area contributed by atoms with Gasteiger partial charge in [0.05, 0.1) is 12.5 Å². The molecule has 2 nitrogen and oxygen atoms in total. The van der Waals surface area contributed by atoms with E-state index in [1.807, 2.05) is 0 Å². The van der Waals surface area contributed by atoms with E-state index in [1.165, 1.54) is 64.2 Å². The molecule has 0 spiro atoms. The fourth-order valence-corrected chi connectivity index (χ4v) is 4.41. The fraction of sp³-hybridized carbons (Fsp3) is 0.958. The Morgan fingerprint density at radius 1 is 0.846 bits per heavy atom. The minimum absolute atomic E-state index is 0.0774. The first kappa shape index (κ1) is 23.5. The van der Waals surface area contributed by atoms with E-state index in [2.05, 4.69) is 41.5 Å². The molecule has 0 aromatic rings. The van der Waals surface area contributed by atoms with Crippen molar-refractivity contribution >= 4 is 5.97 Å². The van der Waals surface area contributed by atoms with Gasteiger partial charge in [0.1, 0.15) is 0 Å². The molecule has 0 aromatic carbocycles. The van der Waals surface area contributed by atoms with Crippen LogP contribution in [0, 0.1) is 22.7 Å². The number of hydrogen-bond donors (Lipinski definition) is 0. The summed E-state index contributed by atoms with van der Waals surface area (Å²) in [7, 11) is 0. The molecule has 154 valence electrons. The number of hydrogen-bond acceptors (Lipinski definition) is 2. The van der Waals surface area contributed by atoms with E-state index in [9.17, 15) is 4.79 Å². The third-order valence-electron chi connectivity index (χ3n) is 6.62. The number of carbonyl (C=O) groups excluding carboxylic acids is 1. The predicted octanol–water partition coefficient (Wildman–Crippen LogP) is 7.55. The number of rotatable bonds is 11. The molecule has 0 N–H and O–H groups in total. The van der Waals surface area contributed by atoms with Gasteiger partial charge < -0.3 is 4.74 Å². The topological polar surface area (TPSA) is 26.3 Å². The van der Waals surface area contributed by atoms with Crippen molar-refractivity contribution in [1.29, 1.82) is 0 Å². The SMILES string of the molecule is CCCCCCC(C)(CCCC)COC(=O)C1CCC(C(C)(C)C)CC1. The number of ether oxygens (including phenoxy) is 1. The van der Waals surface area contributed by atoms with Gasteiger partial charge in [0.25, 0.3) is 0 Å². The highest BCUT2D eigenvalue weighted by molar-refractivity contribution is 5.72. The molecule has 1 fully saturated rings. The number of esters is 1. The zero-order chi connectivity index (χ0) is 19.6. The van der Waals surface area contributed by atoms with E-state index in [0.29, 0.717) is 12.0 Å². The highest BCUT2D eigenvalue weighted by atomic mass is 16.5. The lowest BCUT2D eigenvalue weighted by molar-refractivity contribution is -0.154. The van der Waals surface area contributed by atoms with Crippen LogP contribution in [0.3, 0.4) is 0 Å². The first-order chi connectivity index (χ1) is 12.2. The van der Waals surface area contributed by atoms with Gasteiger partial charge in [0.2, 0.25) is 0 Å². The van der Waals surface area contributed by atoms with Crippen LogP contribution in [0.15, 0.2) is 0 Å². The van der Waals surface area contributed by atoms with Gasteiger partial charge >= 0.3 is 5.97 Å². The average molecular weight is 367 g/mol. The number of unbranched alkanes of at least 4 members (excludes halogenated alkanes) is 4. The van der Waals surface area contributed by atoms with Gasteiger partial charge in [-0.3, -0.25) is 4.79 Å². The monoisotopic (exact) mass is 366 g/mol. The minimum Gasteiger partial charge on any atom is -0.465 e. The lowest BCUT2D eigenvalue weighted by atomic mass is 9.70. The molecule has 0 aliphatic heterocycles. The molecule has 1 rings (SSSR count). The molecule has 1 unspecified atom stereocenters. The molecule has 2 heteroatoms. The summed E-state index contributed by atoms with van der Waals surface area (Å²) in [6.07, 6.45) is 14.4. The zero-order valence-corrected chi connectivity index (χ0v) is 18.7. The summed E-state index contributed by atoms with van der Waals surface area (Å²) < 4.78 is 5.88. The predicted molar refractivity (Wildman–Crippen MR) is 112 cm³/mol. The van der Waals surface area contributed by atoms with Gasteiger partial charge in [-0.2, -0.15) is 0 Å². The first-order valence-electron chi connectivity index (χ1n) is 11.4. The second kappa shape index (κ2) is 11.3. The maximum Gasteiger partial charge on any atom is 0.308 e. The molecule has 0 bridgehead atoms. The Kier molecular flexibility index (Phi) is 10.3. The molecule has 1 aliphatic rings. The van der Waals surface area contributed by atoms with Crippen LogP contribution >= 0.6 is 0 Å². The normalized spacial score (nSPS) is 23.5. The second-order valence-corrected chi connectivity index (χ2v) is 10.2. The highest BCUT2D eigenvalue weighted by Gasteiger charge is 2.34. The summed E-state index contributed by atoms with van der Waals surface area (Å²) >= 11 is 0. The van der Waals surface area contributed by atoms with Crippen molar-refractivity contribution in [3.05, 3.63) is 0 Å². The van der Waals surface area contributed by atoms with E-state index in [0.717, 1.165) is 18.8 Å². The second-order valence-electron chi connectivity index (χ2n) is 10.2. The summed E-state index contributed by atoms with van der Waals surface area (Å²) in [5.74, 6) is 0.970. The maximum atomic E-state index is 12.6. The molecule has 0 aromatic heterocycles. The summed E-state index contributed by atoms with van der Waals surface area (Å²) in [4.78, 5) is 12.6. The van der Waals surface area contributed by atoms with E-state index >= 15 is 0 Å². The molecule has 1 atom stereocenters. The Labute approximate surface area is 163 Å². The van der Waals surface area contributed by atoms with Crippen molar-refractivity contribution in [1.82, 2.24) is 0 Å². The highest BCUT2D eigenvalue weighted by Crippen LogP contribution is 2.40. The third-order valence-corrected chi connectivity index (χ3v) is 6.62. The molecule has 1 saturated carbocycles. The van der Waals surface area contributed by atoms with Gasteiger partial charge in [0.15, 0.2) is 0 Å². The summed E-state index contributed by atoms with van der Waals surface area (Å²) in [6, 6.07) is 0. The van der Waals surface area contributed by atoms with Crippen molar-refractivity contribution in [2.45, 2.75) is 119 Å². The third kappa shape index (κ3) is 8.44. The van der Waals surface area contributed by atoms with E-state index in [1.54, 1.807) is 0 Å². The van der Waals surface area contributed by atoms with Crippen LogP contribution in [-0.4, -0.2) is 12.6 Å². The first-order valence-corrected chi connectivity index (χ1v) is 11.4. The summed E-state index contributed by atoms with van der Waals surface area (Å²) in [6.45, 7) is 14.4. The van der Waals surface area contributed by atoms with Gasteiger partial charge in [-0.1, -0.05) is 80.1 Å². The fourth-order valence-electron chi connectivity index (χ4n) is 4.41. The Morgan fingerprint density at radius 3 is 1.96 bits per heavy atom. The van der Waals surface area contributed by atoms with Crippen LogP contribution in [0.5, 0.6) is 0 Å². The van der Waals surface area contributed by atoms with Gasteiger partial charge in [0, 0.05) is 5.41 Å². The minimum atomic E-state index is 0.0774. The van der Waals surface area contributed by atoms with Crippen molar-refractivity contribution < 1.29 is 9.53 Å². The maximum absolute atomic E-state index is 12.6. The van der Waals surface area contributed by atoms with Crippen molar-refractivity contribution in [2.24, 2.45) is 22.7 Å². The Balaban J connectivity index is 2.45. The molecule has 1 aliphatic carbocycles. The Morgan fingerprint density at radius 2 is 1.42 bits per heavy atom. The lowest BCUT2D eigenvalue weighted by Gasteiger charge is -2.36. The standard InChI is InChI=1S/C24H46O2/c1-7-9-11-12-18-24(6,17-10-8-2)19-26-22(25)20-13-15-21(16-14-20)23(3,4)5/h20-21H,7-19H2,1-6H3. The average Bonchev–Trinajstić information content (AvgIpc) is 2.61. The van der Waals surface area contributed by atoms with Crippen LogP contribution in [0.4, 0.5) is 0 Å². The van der Waals surface area contributed by atoms with Crippen molar-refractivity contribution in [3.63, 3.8) is 0 Å². The zero-order valence-electron chi connectivity index (χ0n) is 18.7. The van der Waals surface area contributed by atoms with Crippen molar-refractivity contribution in [2.75, 3.05) is 6.61 Å². The summed E-state index contributed by atoms with van der Waals surface area (Å²) in [5, 5.41) is 0. The Hall–Kier alpha value is -0.530. The van der Waals surface area contributed by atoms with Crippen LogP contribution in [0.25, 0.3) is 0 Å². The van der Waals surface area contributed by atoms with E-state index < -0.39 is 0 Å². The van der Waals surface area contributed by atoms with Crippen LogP contribution < -0.4 is 0 Å². The molecule has 0 radical (unpaired) electrons. The number of carbonyl (C=O) groups is 1. The molecule has 0 saturated heterocycles. The van der Waals surface area contributed by atoms with Gasteiger partial charge in [-0.05, 0) is 49.9 Å².